The van der Waals surface area contributed by atoms with Crippen LogP contribution < -0.4 is 4.72 Å². The van der Waals surface area contributed by atoms with Crippen LogP contribution in [0, 0.1) is 0 Å². The van der Waals surface area contributed by atoms with Gasteiger partial charge in [-0.05, 0) is 0 Å². The molecule has 68 valence electrons. The number of halogens is 4. The van der Waals surface area contributed by atoms with E-state index >= 15 is 0 Å². The number of rotatable bonds is 3. The molecule has 8 heteroatoms. The van der Waals surface area contributed by atoms with Gasteiger partial charge in [-0.2, -0.15) is 21.6 Å². The summed E-state index contributed by atoms with van der Waals surface area (Å²) < 4.78 is 55.6. The maximum absolute atomic E-state index is 11.4. The van der Waals surface area contributed by atoms with Crippen LogP contribution in [0.1, 0.15) is 6.42 Å². The molecule has 0 amide bonds. The molecule has 0 aromatic heterocycles. The second-order valence-electron chi connectivity index (χ2n) is 1.70. The third-order valence-corrected chi connectivity index (χ3v) is 1.56. The molecule has 0 fully saturated rings. The second-order valence-corrected chi connectivity index (χ2v) is 4.08. The molecule has 0 saturated carbocycles. The van der Waals surface area contributed by atoms with Crippen molar-refractivity contribution in [3.8, 4) is 0 Å². The molecule has 0 radical (unpaired) electrons. The summed E-state index contributed by atoms with van der Waals surface area (Å²) >= 11 is 0. The van der Waals surface area contributed by atoms with E-state index in [0.29, 0.717) is 0 Å². The molecule has 0 aliphatic carbocycles. The summed E-state index contributed by atoms with van der Waals surface area (Å²) in [7, 11) is 0.531. The van der Waals surface area contributed by atoms with Crippen molar-refractivity contribution < 1.29 is 21.6 Å². The highest BCUT2D eigenvalue weighted by atomic mass is 35.7. The summed E-state index contributed by atoms with van der Waals surface area (Å²) in [5.41, 5.74) is 0. The third kappa shape index (κ3) is 9.99. The van der Waals surface area contributed by atoms with Crippen LogP contribution in [0.5, 0.6) is 0 Å². The van der Waals surface area contributed by atoms with Gasteiger partial charge in [-0.3, -0.25) is 0 Å². The predicted octanol–water partition coefficient (Wildman–Crippen LogP) is 1.01. The van der Waals surface area contributed by atoms with Crippen LogP contribution >= 0.6 is 10.7 Å². The zero-order chi connectivity index (χ0) is 9.12. The Hall–Kier alpha value is -0.0100. The van der Waals surface area contributed by atoms with Gasteiger partial charge in [0.15, 0.2) is 0 Å². The van der Waals surface area contributed by atoms with Gasteiger partial charge >= 0.3 is 6.18 Å². The molecule has 3 nitrogen and oxygen atoms in total. The molecule has 0 heterocycles. The first-order valence-electron chi connectivity index (χ1n) is 2.47. The van der Waals surface area contributed by atoms with E-state index < -0.39 is 28.4 Å². The smallest absolute Gasteiger partial charge is 0.202 e. The molecule has 0 aliphatic heterocycles. The monoisotopic (exact) mass is 211 g/mol. The van der Waals surface area contributed by atoms with E-state index in [9.17, 15) is 21.6 Å². The lowest BCUT2D eigenvalue weighted by molar-refractivity contribution is -0.132. The SMILES string of the molecule is O=S(=O)(Cl)NCCC(F)(F)F. The molecule has 0 saturated heterocycles. The minimum Gasteiger partial charge on any atom is -0.202 e. The van der Waals surface area contributed by atoms with Crippen LogP contribution in [0.2, 0.25) is 0 Å². The van der Waals surface area contributed by atoms with E-state index in [1.54, 1.807) is 0 Å². The van der Waals surface area contributed by atoms with E-state index in [1.807, 2.05) is 0 Å². The lowest BCUT2D eigenvalue weighted by Gasteiger charge is -2.04. The van der Waals surface area contributed by atoms with Crippen molar-refractivity contribution in [3.63, 3.8) is 0 Å². The van der Waals surface area contributed by atoms with Crippen LogP contribution in [0.25, 0.3) is 0 Å². The van der Waals surface area contributed by atoms with E-state index in [-0.39, 0.29) is 0 Å². The fourth-order valence-electron chi connectivity index (χ4n) is 0.315. The molecule has 0 rings (SSSR count). The van der Waals surface area contributed by atoms with Crippen molar-refractivity contribution in [1.82, 2.24) is 4.72 Å². The van der Waals surface area contributed by atoms with Crippen molar-refractivity contribution in [2.75, 3.05) is 6.54 Å². The summed E-state index contributed by atoms with van der Waals surface area (Å²) in [6.07, 6.45) is -5.59. The molecule has 0 atom stereocenters. The normalized spacial score (nSPS) is 13.5. The molecule has 0 bridgehead atoms. The Kier molecular flexibility index (Phi) is 3.59. The average molecular weight is 212 g/mol. The second kappa shape index (κ2) is 3.59. The van der Waals surface area contributed by atoms with Gasteiger partial charge in [0.2, 0.25) is 0 Å². The lowest BCUT2D eigenvalue weighted by atomic mass is 10.4. The Morgan fingerprint density at radius 3 is 2.09 bits per heavy atom. The maximum Gasteiger partial charge on any atom is 0.390 e. The van der Waals surface area contributed by atoms with Gasteiger partial charge in [0.1, 0.15) is 0 Å². The van der Waals surface area contributed by atoms with E-state index in [1.165, 1.54) is 4.72 Å². The molecular weight excluding hydrogens is 207 g/mol. The average Bonchev–Trinajstić information content (AvgIpc) is 1.55. The van der Waals surface area contributed by atoms with Crippen LogP contribution in [0.4, 0.5) is 13.2 Å². The summed E-state index contributed by atoms with van der Waals surface area (Å²) in [6, 6.07) is 0. The Bertz CT molecular complexity index is 211. The van der Waals surface area contributed by atoms with Gasteiger partial charge in [0.25, 0.3) is 9.24 Å². The fraction of sp³-hybridized carbons (Fsp3) is 1.00. The first-order chi connectivity index (χ1) is 4.71. The number of nitrogens with one attached hydrogen (secondary N) is 1. The van der Waals surface area contributed by atoms with Crippen molar-refractivity contribution in [2.24, 2.45) is 0 Å². The van der Waals surface area contributed by atoms with Crippen molar-refractivity contribution in [2.45, 2.75) is 12.6 Å². The topological polar surface area (TPSA) is 46.2 Å². The molecule has 0 unspecified atom stereocenters. The van der Waals surface area contributed by atoms with E-state index in [2.05, 4.69) is 10.7 Å². The fourth-order valence-corrected chi connectivity index (χ4v) is 0.892. The van der Waals surface area contributed by atoms with Crippen LogP contribution in [-0.4, -0.2) is 21.1 Å². The van der Waals surface area contributed by atoms with Crippen LogP contribution in [0.15, 0.2) is 0 Å². The van der Waals surface area contributed by atoms with E-state index in [0.717, 1.165) is 0 Å². The summed E-state index contributed by atoms with van der Waals surface area (Å²) in [5.74, 6) is 0. The minimum atomic E-state index is -4.37. The van der Waals surface area contributed by atoms with Crippen LogP contribution in [-0.2, 0) is 9.24 Å². The van der Waals surface area contributed by atoms with Gasteiger partial charge < -0.3 is 0 Å². The van der Waals surface area contributed by atoms with Gasteiger partial charge in [0.05, 0.1) is 6.42 Å². The van der Waals surface area contributed by atoms with Gasteiger partial charge in [0, 0.05) is 17.2 Å². The molecular formula is C3H5ClF3NO2S. The minimum absolute atomic E-state index is 0.727. The Labute approximate surface area is 66.1 Å². The third-order valence-electron chi connectivity index (χ3n) is 0.683. The molecule has 0 spiro atoms. The number of hydrogen-bond acceptors (Lipinski definition) is 2. The predicted molar refractivity (Wildman–Crippen MR) is 33.4 cm³/mol. The molecule has 0 aromatic carbocycles. The molecule has 0 aromatic rings. The van der Waals surface area contributed by atoms with Gasteiger partial charge in [-0.1, -0.05) is 0 Å². The maximum atomic E-state index is 11.4. The summed E-state index contributed by atoms with van der Waals surface area (Å²) in [6.45, 7) is -0.727. The number of hydrogen-bond donors (Lipinski definition) is 1. The molecule has 1 N–H and O–H groups in total. The Morgan fingerprint density at radius 1 is 1.36 bits per heavy atom. The van der Waals surface area contributed by atoms with Crippen LogP contribution in [0.3, 0.4) is 0 Å². The Balaban J connectivity index is 3.61. The number of alkyl halides is 3. The zero-order valence-electron chi connectivity index (χ0n) is 5.15. The summed E-state index contributed by atoms with van der Waals surface area (Å²) in [4.78, 5) is 0. The molecule has 0 aliphatic rings. The van der Waals surface area contributed by atoms with Crippen molar-refractivity contribution in [1.29, 1.82) is 0 Å². The van der Waals surface area contributed by atoms with Crippen molar-refractivity contribution >= 4 is 19.9 Å². The van der Waals surface area contributed by atoms with Crippen molar-refractivity contribution in [3.05, 3.63) is 0 Å². The quantitative estimate of drug-likeness (QED) is 0.709. The largest absolute Gasteiger partial charge is 0.390 e. The molecule has 11 heavy (non-hydrogen) atoms. The van der Waals surface area contributed by atoms with Gasteiger partial charge in [-0.15, -0.1) is 0 Å². The Morgan fingerprint density at radius 2 is 1.82 bits per heavy atom. The lowest BCUT2D eigenvalue weighted by Crippen LogP contribution is -2.24. The first kappa shape index (κ1) is 11.0. The highest BCUT2D eigenvalue weighted by Crippen LogP contribution is 2.18. The highest BCUT2D eigenvalue weighted by Gasteiger charge is 2.26. The highest BCUT2D eigenvalue weighted by molar-refractivity contribution is 8.12. The standard InChI is InChI=1S/C3H5ClF3NO2S/c4-11(9,10)8-2-1-3(5,6)7/h8H,1-2H2. The summed E-state index contributed by atoms with van der Waals surface area (Å²) in [5, 5.41) is 0. The van der Waals surface area contributed by atoms with E-state index in [4.69, 9.17) is 0 Å². The van der Waals surface area contributed by atoms with Gasteiger partial charge in [-0.25, -0.2) is 4.72 Å². The zero-order valence-corrected chi connectivity index (χ0v) is 6.72. The first-order valence-corrected chi connectivity index (χ1v) is 4.78.